The second kappa shape index (κ2) is 3.14. The summed E-state index contributed by atoms with van der Waals surface area (Å²) in [5.41, 5.74) is 1.69. The van der Waals surface area contributed by atoms with E-state index in [0.717, 1.165) is 11.0 Å². The molecule has 13 heavy (non-hydrogen) atoms. The van der Waals surface area contributed by atoms with Gasteiger partial charge in [0.25, 0.3) is 0 Å². The van der Waals surface area contributed by atoms with E-state index in [1.165, 1.54) is 4.68 Å². The van der Waals surface area contributed by atoms with Gasteiger partial charge in [0.2, 0.25) is 0 Å². The van der Waals surface area contributed by atoms with Gasteiger partial charge in [-0.25, -0.2) is 4.68 Å². The van der Waals surface area contributed by atoms with Gasteiger partial charge >= 0.3 is 0 Å². The SMILES string of the molecule is CC[C@@H](O)n1nnc2ccccc21. The summed E-state index contributed by atoms with van der Waals surface area (Å²) in [6.45, 7) is 1.90. The maximum absolute atomic E-state index is 9.58. The molecule has 1 atom stereocenters. The smallest absolute Gasteiger partial charge is 0.149 e. The monoisotopic (exact) mass is 177 g/mol. The van der Waals surface area contributed by atoms with Crippen molar-refractivity contribution < 1.29 is 5.11 Å². The van der Waals surface area contributed by atoms with Gasteiger partial charge in [-0.3, -0.25) is 0 Å². The summed E-state index contributed by atoms with van der Waals surface area (Å²) in [4.78, 5) is 0. The number of hydrogen-bond acceptors (Lipinski definition) is 3. The van der Waals surface area contributed by atoms with Gasteiger partial charge < -0.3 is 5.11 Å². The fraction of sp³-hybridized carbons (Fsp3) is 0.333. The zero-order chi connectivity index (χ0) is 9.26. The van der Waals surface area contributed by atoms with Crippen molar-refractivity contribution in [3.05, 3.63) is 24.3 Å². The van der Waals surface area contributed by atoms with Crippen LogP contribution in [0.5, 0.6) is 0 Å². The number of rotatable bonds is 2. The maximum atomic E-state index is 9.58. The van der Waals surface area contributed by atoms with Gasteiger partial charge in [-0.1, -0.05) is 24.3 Å². The molecule has 2 aromatic rings. The molecule has 1 aromatic heterocycles. The first-order valence-electron chi connectivity index (χ1n) is 4.31. The lowest BCUT2D eigenvalue weighted by Crippen LogP contribution is -2.08. The Balaban J connectivity index is 2.57. The molecule has 4 heteroatoms. The van der Waals surface area contributed by atoms with E-state index in [2.05, 4.69) is 10.3 Å². The third-order valence-electron chi connectivity index (χ3n) is 2.02. The summed E-state index contributed by atoms with van der Waals surface area (Å²) in [6.07, 6.45) is 0.0558. The molecule has 4 nitrogen and oxygen atoms in total. The van der Waals surface area contributed by atoms with Crippen LogP contribution < -0.4 is 0 Å². The van der Waals surface area contributed by atoms with Gasteiger partial charge in [0.05, 0.1) is 5.52 Å². The van der Waals surface area contributed by atoms with Crippen LogP contribution in [-0.2, 0) is 0 Å². The van der Waals surface area contributed by atoms with Gasteiger partial charge in [0, 0.05) is 0 Å². The number of aliphatic hydroxyl groups is 1. The van der Waals surface area contributed by atoms with E-state index in [9.17, 15) is 5.11 Å². The zero-order valence-corrected chi connectivity index (χ0v) is 7.38. The van der Waals surface area contributed by atoms with Gasteiger partial charge in [0.15, 0.2) is 0 Å². The van der Waals surface area contributed by atoms with E-state index in [-0.39, 0.29) is 0 Å². The van der Waals surface area contributed by atoms with Crippen LogP contribution in [0.15, 0.2) is 24.3 Å². The van der Waals surface area contributed by atoms with Gasteiger partial charge in [0.1, 0.15) is 11.7 Å². The Hall–Kier alpha value is -1.42. The molecule has 0 bridgehead atoms. The number of benzene rings is 1. The Morgan fingerprint density at radius 2 is 2.23 bits per heavy atom. The summed E-state index contributed by atoms with van der Waals surface area (Å²) in [5, 5.41) is 17.4. The number of aliphatic hydroxyl groups excluding tert-OH is 1. The molecule has 0 aliphatic heterocycles. The van der Waals surface area contributed by atoms with Crippen LogP contribution in [0.1, 0.15) is 19.6 Å². The molecule has 0 fully saturated rings. The lowest BCUT2D eigenvalue weighted by Gasteiger charge is -2.07. The predicted molar refractivity (Wildman–Crippen MR) is 49.1 cm³/mol. The third-order valence-corrected chi connectivity index (χ3v) is 2.02. The lowest BCUT2D eigenvalue weighted by atomic mass is 10.3. The molecular weight excluding hydrogens is 166 g/mol. The molecule has 0 aliphatic rings. The van der Waals surface area contributed by atoms with E-state index in [1.54, 1.807) is 0 Å². The number of hydrogen-bond donors (Lipinski definition) is 1. The molecule has 1 N–H and O–H groups in total. The van der Waals surface area contributed by atoms with Crippen LogP contribution in [0.4, 0.5) is 0 Å². The molecule has 68 valence electrons. The minimum Gasteiger partial charge on any atom is -0.372 e. The molecule has 0 saturated carbocycles. The van der Waals surface area contributed by atoms with Gasteiger partial charge in [-0.2, -0.15) is 0 Å². The first kappa shape index (κ1) is 8.19. The van der Waals surface area contributed by atoms with Gasteiger partial charge in [-0.05, 0) is 18.6 Å². The molecule has 0 saturated heterocycles. The average Bonchev–Trinajstić information content (AvgIpc) is 2.60. The highest BCUT2D eigenvalue weighted by molar-refractivity contribution is 5.73. The van der Waals surface area contributed by atoms with E-state index in [0.29, 0.717) is 6.42 Å². The summed E-state index contributed by atoms with van der Waals surface area (Å²) >= 11 is 0. The molecule has 2 rings (SSSR count). The molecule has 0 aliphatic carbocycles. The highest BCUT2D eigenvalue weighted by atomic mass is 16.3. The summed E-state index contributed by atoms with van der Waals surface area (Å²) in [5.74, 6) is 0. The topological polar surface area (TPSA) is 50.9 Å². The largest absolute Gasteiger partial charge is 0.372 e. The van der Waals surface area contributed by atoms with Crippen molar-refractivity contribution in [3.63, 3.8) is 0 Å². The van der Waals surface area contributed by atoms with Crippen molar-refractivity contribution in [1.29, 1.82) is 0 Å². The van der Waals surface area contributed by atoms with Crippen molar-refractivity contribution >= 4 is 11.0 Å². The van der Waals surface area contributed by atoms with E-state index >= 15 is 0 Å². The minimum atomic E-state index is -0.576. The summed E-state index contributed by atoms with van der Waals surface area (Å²) in [6, 6.07) is 7.58. The highest BCUT2D eigenvalue weighted by Crippen LogP contribution is 2.15. The summed E-state index contributed by atoms with van der Waals surface area (Å²) < 4.78 is 1.54. The number of para-hydroxylation sites is 1. The standard InChI is InChI=1S/C9H11N3O/c1-2-9(13)12-8-6-4-3-5-7(8)10-11-12/h3-6,9,13H,2H2,1H3/t9-/m1/s1. The lowest BCUT2D eigenvalue weighted by molar-refractivity contribution is 0.0893. The van der Waals surface area contributed by atoms with Crippen LogP contribution in [0.25, 0.3) is 11.0 Å². The van der Waals surface area contributed by atoms with Crippen LogP contribution in [0, 0.1) is 0 Å². The second-order valence-corrected chi connectivity index (χ2v) is 2.91. The van der Waals surface area contributed by atoms with Gasteiger partial charge in [-0.15, -0.1) is 5.10 Å². The van der Waals surface area contributed by atoms with Crippen LogP contribution in [0.2, 0.25) is 0 Å². The first-order chi connectivity index (χ1) is 6.33. The molecule has 0 amide bonds. The highest BCUT2D eigenvalue weighted by Gasteiger charge is 2.09. The fourth-order valence-corrected chi connectivity index (χ4v) is 1.28. The van der Waals surface area contributed by atoms with E-state index in [4.69, 9.17) is 0 Å². The number of fused-ring (bicyclic) bond motifs is 1. The number of nitrogens with zero attached hydrogens (tertiary/aromatic N) is 3. The predicted octanol–water partition coefficient (Wildman–Crippen LogP) is 1.33. The van der Waals surface area contributed by atoms with Crippen molar-refractivity contribution in [3.8, 4) is 0 Å². The van der Waals surface area contributed by atoms with Crippen molar-refractivity contribution in [2.75, 3.05) is 0 Å². The van der Waals surface area contributed by atoms with E-state index < -0.39 is 6.23 Å². The minimum absolute atomic E-state index is 0.576. The van der Waals surface area contributed by atoms with Crippen LogP contribution >= 0.6 is 0 Å². The average molecular weight is 177 g/mol. The maximum Gasteiger partial charge on any atom is 0.149 e. The Bertz CT molecular complexity index is 410. The molecule has 1 heterocycles. The van der Waals surface area contributed by atoms with Crippen molar-refractivity contribution in [2.24, 2.45) is 0 Å². The Kier molecular flexibility index (Phi) is 1.98. The van der Waals surface area contributed by atoms with Crippen molar-refractivity contribution in [1.82, 2.24) is 15.0 Å². The molecule has 0 spiro atoms. The number of aromatic nitrogens is 3. The Morgan fingerprint density at radius 1 is 1.46 bits per heavy atom. The van der Waals surface area contributed by atoms with E-state index in [1.807, 2.05) is 31.2 Å². The Labute approximate surface area is 75.8 Å². The molecule has 0 radical (unpaired) electrons. The normalized spacial score (nSPS) is 13.4. The first-order valence-corrected chi connectivity index (χ1v) is 4.31. The fourth-order valence-electron chi connectivity index (χ4n) is 1.28. The quantitative estimate of drug-likeness (QED) is 0.752. The molecule has 0 unspecified atom stereocenters. The third kappa shape index (κ3) is 1.29. The van der Waals surface area contributed by atoms with Crippen molar-refractivity contribution in [2.45, 2.75) is 19.6 Å². The molecule has 1 aromatic carbocycles. The zero-order valence-electron chi connectivity index (χ0n) is 7.38. The molecular formula is C9H11N3O. The summed E-state index contributed by atoms with van der Waals surface area (Å²) in [7, 11) is 0. The van der Waals surface area contributed by atoms with Crippen LogP contribution in [0.3, 0.4) is 0 Å². The van der Waals surface area contributed by atoms with Crippen LogP contribution in [-0.4, -0.2) is 20.1 Å². The Morgan fingerprint density at radius 3 is 3.00 bits per heavy atom. The second-order valence-electron chi connectivity index (χ2n) is 2.91.